The number of nitrogens with zero attached hydrogens (tertiary/aromatic N) is 4. The van der Waals surface area contributed by atoms with Gasteiger partial charge in [-0.25, -0.2) is 14.8 Å². The summed E-state index contributed by atoms with van der Waals surface area (Å²) in [4.78, 5) is 23.8. The van der Waals surface area contributed by atoms with Crippen LogP contribution in [0, 0.1) is 0 Å². The summed E-state index contributed by atoms with van der Waals surface area (Å²) in [6, 6.07) is 7.72. The van der Waals surface area contributed by atoms with Gasteiger partial charge in [-0.2, -0.15) is 0 Å². The van der Waals surface area contributed by atoms with Crippen molar-refractivity contribution in [2.24, 2.45) is 0 Å². The normalized spacial score (nSPS) is 10.2. The standard InChI is InChI=1S/C16H21N5O2/c1-20(14-6-4-13(17)5-7-14)8-9-21(2)16-18-10-12(11-19-16)15(22)23-3/h4-7,10-11H,8-9,17H2,1-3H3. The molecule has 0 aliphatic rings. The Morgan fingerprint density at radius 1 is 1.09 bits per heavy atom. The van der Waals surface area contributed by atoms with Crippen LogP contribution in [0.3, 0.4) is 0 Å². The van der Waals surface area contributed by atoms with Gasteiger partial charge < -0.3 is 20.3 Å². The molecule has 0 amide bonds. The zero-order valence-corrected chi connectivity index (χ0v) is 13.6. The van der Waals surface area contributed by atoms with E-state index in [-0.39, 0.29) is 0 Å². The third kappa shape index (κ3) is 4.32. The number of nitrogens with two attached hydrogens (primary N) is 1. The molecule has 0 unspecified atom stereocenters. The van der Waals surface area contributed by atoms with Crippen molar-refractivity contribution in [1.82, 2.24) is 9.97 Å². The van der Waals surface area contributed by atoms with Crippen molar-refractivity contribution < 1.29 is 9.53 Å². The highest BCUT2D eigenvalue weighted by Crippen LogP contribution is 2.15. The summed E-state index contributed by atoms with van der Waals surface area (Å²) in [7, 11) is 5.25. The van der Waals surface area contributed by atoms with Gasteiger partial charge in [0, 0.05) is 51.0 Å². The Kier molecular flexibility index (Phi) is 5.35. The second-order valence-electron chi connectivity index (χ2n) is 5.20. The minimum atomic E-state index is -0.442. The molecule has 0 atom stereocenters. The number of aromatic nitrogens is 2. The molecule has 23 heavy (non-hydrogen) atoms. The van der Waals surface area contributed by atoms with Crippen molar-refractivity contribution in [3.8, 4) is 0 Å². The van der Waals surface area contributed by atoms with Crippen LogP contribution in [0.4, 0.5) is 17.3 Å². The van der Waals surface area contributed by atoms with Crippen molar-refractivity contribution >= 4 is 23.3 Å². The van der Waals surface area contributed by atoms with E-state index in [1.54, 1.807) is 0 Å². The van der Waals surface area contributed by atoms with Crippen LogP contribution in [0.2, 0.25) is 0 Å². The summed E-state index contributed by atoms with van der Waals surface area (Å²) in [5.41, 5.74) is 7.87. The molecule has 0 aliphatic carbocycles. The average molecular weight is 315 g/mol. The fourth-order valence-electron chi connectivity index (χ4n) is 2.00. The van der Waals surface area contributed by atoms with Crippen LogP contribution in [0.15, 0.2) is 36.7 Å². The van der Waals surface area contributed by atoms with E-state index in [0.29, 0.717) is 11.5 Å². The second-order valence-corrected chi connectivity index (χ2v) is 5.20. The number of likely N-dealkylation sites (N-methyl/N-ethyl adjacent to an activating group) is 2. The fraction of sp³-hybridized carbons (Fsp3) is 0.312. The quantitative estimate of drug-likeness (QED) is 0.637. The summed E-state index contributed by atoms with van der Waals surface area (Å²) in [6.45, 7) is 1.53. The maximum Gasteiger partial charge on any atom is 0.341 e. The molecular weight excluding hydrogens is 294 g/mol. The zero-order chi connectivity index (χ0) is 16.8. The Bertz CT molecular complexity index is 643. The molecule has 2 N–H and O–H groups in total. The lowest BCUT2D eigenvalue weighted by Gasteiger charge is -2.23. The summed E-state index contributed by atoms with van der Waals surface area (Å²) in [6.07, 6.45) is 2.93. The summed E-state index contributed by atoms with van der Waals surface area (Å²) in [5.74, 6) is 0.116. The predicted octanol–water partition coefficient (Wildman–Crippen LogP) is 1.42. The van der Waals surface area contributed by atoms with Crippen LogP contribution in [0.25, 0.3) is 0 Å². The average Bonchev–Trinajstić information content (AvgIpc) is 2.59. The number of hydrogen-bond donors (Lipinski definition) is 1. The number of carbonyl (C=O) groups excluding carboxylic acids is 1. The molecule has 0 bridgehead atoms. The first kappa shape index (κ1) is 16.5. The van der Waals surface area contributed by atoms with Crippen LogP contribution < -0.4 is 15.5 Å². The second kappa shape index (κ2) is 7.44. The third-order valence-electron chi connectivity index (χ3n) is 3.51. The monoisotopic (exact) mass is 315 g/mol. The molecule has 0 radical (unpaired) electrons. The third-order valence-corrected chi connectivity index (χ3v) is 3.51. The minimum absolute atomic E-state index is 0.337. The molecule has 122 valence electrons. The van der Waals surface area contributed by atoms with Crippen molar-refractivity contribution in [3.05, 3.63) is 42.2 Å². The van der Waals surface area contributed by atoms with Gasteiger partial charge in [0.25, 0.3) is 0 Å². The van der Waals surface area contributed by atoms with E-state index in [9.17, 15) is 4.79 Å². The van der Waals surface area contributed by atoms with Gasteiger partial charge in [0.2, 0.25) is 5.95 Å². The molecule has 1 aromatic carbocycles. The molecule has 7 heteroatoms. The largest absolute Gasteiger partial charge is 0.465 e. The van der Waals surface area contributed by atoms with Crippen molar-refractivity contribution in [1.29, 1.82) is 0 Å². The SMILES string of the molecule is COC(=O)c1cnc(N(C)CCN(C)c2ccc(N)cc2)nc1. The first-order chi connectivity index (χ1) is 11.0. The summed E-state index contributed by atoms with van der Waals surface area (Å²) >= 11 is 0. The molecule has 1 aromatic heterocycles. The van der Waals surface area contributed by atoms with Crippen LogP contribution >= 0.6 is 0 Å². The van der Waals surface area contributed by atoms with E-state index >= 15 is 0 Å². The van der Waals surface area contributed by atoms with Gasteiger partial charge in [-0.05, 0) is 24.3 Å². The topological polar surface area (TPSA) is 84.6 Å². The van der Waals surface area contributed by atoms with Gasteiger partial charge in [0.05, 0.1) is 12.7 Å². The van der Waals surface area contributed by atoms with Crippen LogP contribution in [0.5, 0.6) is 0 Å². The fourth-order valence-corrected chi connectivity index (χ4v) is 2.00. The summed E-state index contributed by atoms with van der Waals surface area (Å²) in [5, 5.41) is 0. The van der Waals surface area contributed by atoms with E-state index < -0.39 is 5.97 Å². The Morgan fingerprint density at radius 2 is 1.65 bits per heavy atom. The number of rotatable bonds is 6. The van der Waals surface area contributed by atoms with Gasteiger partial charge in [-0.3, -0.25) is 0 Å². The number of benzene rings is 1. The Morgan fingerprint density at radius 3 is 2.22 bits per heavy atom. The molecule has 2 aromatic rings. The molecule has 0 fully saturated rings. The lowest BCUT2D eigenvalue weighted by molar-refractivity contribution is 0.0600. The Labute approximate surface area is 135 Å². The first-order valence-corrected chi connectivity index (χ1v) is 7.19. The van der Waals surface area contributed by atoms with Gasteiger partial charge in [-0.1, -0.05) is 0 Å². The number of anilines is 3. The number of hydrogen-bond acceptors (Lipinski definition) is 7. The maximum absolute atomic E-state index is 11.4. The highest BCUT2D eigenvalue weighted by molar-refractivity contribution is 5.88. The van der Waals surface area contributed by atoms with E-state index in [4.69, 9.17) is 5.73 Å². The highest BCUT2D eigenvalue weighted by atomic mass is 16.5. The van der Waals surface area contributed by atoms with Crippen molar-refractivity contribution in [2.75, 3.05) is 49.8 Å². The van der Waals surface area contributed by atoms with Crippen molar-refractivity contribution in [2.45, 2.75) is 0 Å². The van der Waals surface area contributed by atoms with E-state index in [2.05, 4.69) is 19.6 Å². The lowest BCUT2D eigenvalue weighted by Crippen LogP contribution is -2.31. The van der Waals surface area contributed by atoms with E-state index in [1.165, 1.54) is 19.5 Å². The van der Waals surface area contributed by atoms with Gasteiger partial charge in [0.15, 0.2) is 0 Å². The van der Waals surface area contributed by atoms with Gasteiger partial charge in [-0.15, -0.1) is 0 Å². The number of nitrogen functional groups attached to an aromatic ring is 1. The van der Waals surface area contributed by atoms with Gasteiger partial charge >= 0.3 is 5.97 Å². The van der Waals surface area contributed by atoms with Crippen LogP contribution in [0.1, 0.15) is 10.4 Å². The van der Waals surface area contributed by atoms with Gasteiger partial charge in [0.1, 0.15) is 0 Å². The minimum Gasteiger partial charge on any atom is -0.465 e. The van der Waals surface area contributed by atoms with Crippen LogP contribution in [-0.2, 0) is 4.74 Å². The Hall–Kier alpha value is -2.83. The smallest absolute Gasteiger partial charge is 0.341 e. The number of methoxy groups -OCH3 is 1. The van der Waals surface area contributed by atoms with Crippen LogP contribution in [-0.4, -0.2) is 50.2 Å². The zero-order valence-electron chi connectivity index (χ0n) is 13.6. The lowest BCUT2D eigenvalue weighted by atomic mass is 10.2. The molecule has 7 nitrogen and oxygen atoms in total. The molecule has 2 rings (SSSR count). The van der Waals surface area contributed by atoms with Crippen molar-refractivity contribution in [3.63, 3.8) is 0 Å². The highest BCUT2D eigenvalue weighted by Gasteiger charge is 2.10. The molecule has 0 saturated heterocycles. The number of esters is 1. The van der Waals surface area contributed by atoms with E-state index in [0.717, 1.165) is 24.5 Å². The molecule has 0 spiro atoms. The molecule has 1 heterocycles. The molecular formula is C16H21N5O2. The molecule has 0 saturated carbocycles. The number of ether oxygens (including phenoxy) is 1. The Balaban J connectivity index is 1.92. The predicted molar refractivity (Wildman–Crippen MR) is 90.8 cm³/mol. The first-order valence-electron chi connectivity index (χ1n) is 7.19. The van der Waals surface area contributed by atoms with E-state index in [1.807, 2.05) is 43.3 Å². The summed E-state index contributed by atoms with van der Waals surface area (Å²) < 4.78 is 4.62. The number of carbonyl (C=O) groups is 1. The maximum atomic E-state index is 11.4. The molecule has 0 aliphatic heterocycles.